The van der Waals surface area contributed by atoms with Gasteiger partial charge in [-0.25, -0.2) is 0 Å². The van der Waals surface area contributed by atoms with Gasteiger partial charge in [0, 0.05) is 27.3 Å². The maximum absolute atomic E-state index is 12.7. The molecule has 7 heteroatoms. The number of anilines is 1. The molecule has 1 heterocycles. The Kier molecular flexibility index (Phi) is 6.86. The number of hydrogen-bond donors (Lipinski definition) is 0. The van der Waals surface area contributed by atoms with Crippen LogP contribution in [0, 0.1) is 0 Å². The predicted octanol–water partition coefficient (Wildman–Crippen LogP) is 4.35. The Balaban J connectivity index is 1.64. The zero-order valence-corrected chi connectivity index (χ0v) is 17.4. The number of nitrogens with zero attached hydrogens (tertiary/aromatic N) is 1. The van der Waals surface area contributed by atoms with Gasteiger partial charge >= 0.3 is 5.97 Å². The molecule has 1 aliphatic rings. The van der Waals surface area contributed by atoms with Crippen LogP contribution in [0.4, 0.5) is 5.69 Å². The molecule has 28 heavy (non-hydrogen) atoms. The van der Waals surface area contributed by atoms with Crippen molar-refractivity contribution in [1.82, 2.24) is 0 Å². The number of para-hydroxylation sites is 1. The van der Waals surface area contributed by atoms with Crippen LogP contribution < -0.4 is 9.64 Å². The Bertz CT molecular complexity index is 873. The van der Waals surface area contributed by atoms with Crippen molar-refractivity contribution in [3.05, 3.63) is 53.1 Å². The highest BCUT2D eigenvalue weighted by Crippen LogP contribution is 2.37. The molecule has 0 spiro atoms. The van der Waals surface area contributed by atoms with Gasteiger partial charge in [-0.2, -0.15) is 0 Å². The molecular weight excluding hydrogens is 398 g/mol. The second kappa shape index (κ2) is 9.34. The third kappa shape index (κ3) is 5.00. The standard InChI is InChI=1S/C21H22ClNO4S/c1-14-9-10-23(17-5-3-4-6-19(17)28-14)20(24)13-27-21(25)12-15-11-16(22)7-8-18(15)26-2/h3-8,11,14H,9-10,12-13H2,1-2H3/t14-/m1/s1. The van der Waals surface area contributed by atoms with Gasteiger partial charge in [-0.3, -0.25) is 9.59 Å². The monoisotopic (exact) mass is 419 g/mol. The molecule has 0 bridgehead atoms. The average Bonchev–Trinajstić information content (AvgIpc) is 2.84. The zero-order valence-electron chi connectivity index (χ0n) is 15.8. The zero-order chi connectivity index (χ0) is 20.1. The van der Waals surface area contributed by atoms with E-state index in [0.717, 1.165) is 17.0 Å². The van der Waals surface area contributed by atoms with Gasteiger partial charge in [0.25, 0.3) is 5.91 Å². The minimum atomic E-state index is -0.500. The number of halogens is 1. The van der Waals surface area contributed by atoms with E-state index in [1.807, 2.05) is 24.3 Å². The van der Waals surface area contributed by atoms with Crippen molar-refractivity contribution < 1.29 is 19.1 Å². The Labute approximate surface area is 174 Å². The number of fused-ring (bicyclic) bond motifs is 1. The Hall–Kier alpha value is -2.18. The van der Waals surface area contributed by atoms with Crippen molar-refractivity contribution in [2.45, 2.75) is 29.9 Å². The number of ether oxygens (including phenoxy) is 2. The highest BCUT2D eigenvalue weighted by atomic mass is 35.5. The van der Waals surface area contributed by atoms with E-state index in [0.29, 0.717) is 28.1 Å². The first kappa shape index (κ1) is 20.6. The van der Waals surface area contributed by atoms with E-state index in [2.05, 4.69) is 6.92 Å². The second-order valence-corrected chi connectivity index (χ2v) is 8.44. The lowest BCUT2D eigenvalue weighted by molar-refractivity contribution is -0.147. The molecular formula is C21H22ClNO4S. The third-order valence-electron chi connectivity index (χ3n) is 4.48. The SMILES string of the molecule is COc1ccc(Cl)cc1CC(=O)OCC(=O)N1CC[C@@H](C)Sc2ccccc21. The van der Waals surface area contributed by atoms with Gasteiger partial charge in [-0.15, -0.1) is 11.8 Å². The van der Waals surface area contributed by atoms with Crippen molar-refractivity contribution in [3.8, 4) is 5.75 Å². The van der Waals surface area contributed by atoms with Crippen LogP contribution in [-0.2, 0) is 20.7 Å². The first-order valence-corrected chi connectivity index (χ1v) is 10.3. The molecule has 2 aromatic rings. The number of hydrogen-bond acceptors (Lipinski definition) is 5. The molecule has 5 nitrogen and oxygen atoms in total. The number of methoxy groups -OCH3 is 1. The summed E-state index contributed by atoms with van der Waals surface area (Å²) in [7, 11) is 1.53. The highest BCUT2D eigenvalue weighted by molar-refractivity contribution is 8.00. The quantitative estimate of drug-likeness (QED) is 0.674. The fourth-order valence-electron chi connectivity index (χ4n) is 3.06. The number of amides is 1. The largest absolute Gasteiger partial charge is 0.496 e. The first-order chi connectivity index (χ1) is 13.5. The molecule has 0 fully saturated rings. The van der Waals surface area contributed by atoms with Crippen molar-refractivity contribution >= 4 is 40.9 Å². The molecule has 0 saturated heterocycles. The molecule has 0 N–H and O–H groups in total. The highest BCUT2D eigenvalue weighted by Gasteiger charge is 2.25. The van der Waals surface area contributed by atoms with E-state index < -0.39 is 5.97 Å². The molecule has 0 aromatic heterocycles. The molecule has 0 unspecified atom stereocenters. The van der Waals surface area contributed by atoms with Crippen LogP contribution in [0.25, 0.3) is 0 Å². The summed E-state index contributed by atoms with van der Waals surface area (Å²) in [6, 6.07) is 12.9. The van der Waals surface area contributed by atoms with E-state index >= 15 is 0 Å². The van der Waals surface area contributed by atoms with Gasteiger partial charge < -0.3 is 14.4 Å². The molecule has 0 aliphatic carbocycles. The lowest BCUT2D eigenvalue weighted by Crippen LogP contribution is -2.36. The summed E-state index contributed by atoms with van der Waals surface area (Å²) in [6.07, 6.45) is 0.860. The normalized spacial score (nSPS) is 16.1. The van der Waals surface area contributed by atoms with Crippen LogP contribution in [-0.4, -0.2) is 37.4 Å². The van der Waals surface area contributed by atoms with Crippen LogP contribution in [0.15, 0.2) is 47.4 Å². The maximum atomic E-state index is 12.7. The van der Waals surface area contributed by atoms with Gasteiger partial charge in [-0.1, -0.05) is 30.7 Å². The predicted molar refractivity (Wildman–Crippen MR) is 111 cm³/mol. The van der Waals surface area contributed by atoms with E-state index in [1.54, 1.807) is 34.9 Å². The fraction of sp³-hybridized carbons (Fsp3) is 0.333. The van der Waals surface area contributed by atoms with Crippen molar-refractivity contribution in [2.24, 2.45) is 0 Å². The molecule has 3 rings (SSSR count). The summed E-state index contributed by atoms with van der Waals surface area (Å²) in [5.74, 6) is -0.173. The summed E-state index contributed by atoms with van der Waals surface area (Å²) >= 11 is 7.75. The van der Waals surface area contributed by atoms with Crippen molar-refractivity contribution in [3.63, 3.8) is 0 Å². The molecule has 1 amide bonds. The Morgan fingerprint density at radius 3 is 2.82 bits per heavy atom. The van der Waals surface area contributed by atoms with Crippen LogP contribution >= 0.6 is 23.4 Å². The summed E-state index contributed by atoms with van der Waals surface area (Å²) in [6.45, 7) is 2.45. The third-order valence-corrected chi connectivity index (χ3v) is 5.95. The van der Waals surface area contributed by atoms with Gasteiger partial charge in [0.05, 0.1) is 19.2 Å². The molecule has 148 valence electrons. The van der Waals surface area contributed by atoms with Gasteiger partial charge in [0.1, 0.15) is 5.75 Å². The van der Waals surface area contributed by atoms with Crippen molar-refractivity contribution in [2.75, 3.05) is 25.2 Å². The summed E-state index contributed by atoms with van der Waals surface area (Å²) in [4.78, 5) is 27.8. The average molecular weight is 420 g/mol. The number of carbonyl (C=O) groups excluding carboxylic acids is 2. The number of thioether (sulfide) groups is 1. The maximum Gasteiger partial charge on any atom is 0.310 e. The van der Waals surface area contributed by atoms with E-state index in [-0.39, 0.29) is 18.9 Å². The van der Waals surface area contributed by atoms with Gasteiger partial charge in [0.15, 0.2) is 6.61 Å². The van der Waals surface area contributed by atoms with Gasteiger partial charge in [-0.05, 0) is 36.8 Å². The number of benzene rings is 2. The number of esters is 1. The van der Waals surface area contributed by atoms with E-state index in [1.165, 1.54) is 7.11 Å². The first-order valence-electron chi connectivity index (χ1n) is 9.02. The van der Waals surface area contributed by atoms with E-state index in [9.17, 15) is 9.59 Å². The summed E-state index contributed by atoms with van der Waals surface area (Å²) < 4.78 is 10.5. The number of carbonyl (C=O) groups is 2. The molecule has 1 atom stereocenters. The minimum Gasteiger partial charge on any atom is -0.496 e. The fourth-order valence-corrected chi connectivity index (χ4v) is 4.37. The Morgan fingerprint density at radius 2 is 2.04 bits per heavy atom. The van der Waals surface area contributed by atoms with Crippen LogP contribution in [0.5, 0.6) is 5.75 Å². The molecule has 0 radical (unpaired) electrons. The molecule has 1 aliphatic heterocycles. The summed E-state index contributed by atoms with van der Waals surface area (Å²) in [5.41, 5.74) is 1.49. The lowest BCUT2D eigenvalue weighted by Gasteiger charge is -2.22. The number of rotatable bonds is 5. The smallest absolute Gasteiger partial charge is 0.310 e. The topological polar surface area (TPSA) is 55.8 Å². The second-order valence-electron chi connectivity index (χ2n) is 6.52. The Morgan fingerprint density at radius 1 is 1.25 bits per heavy atom. The molecule has 0 saturated carbocycles. The summed E-state index contributed by atoms with van der Waals surface area (Å²) in [5, 5.41) is 0.921. The van der Waals surface area contributed by atoms with Crippen molar-refractivity contribution in [1.29, 1.82) is 0 Å². The minimum absolute atomic E-state index is 0.0134. The van der Waals surface area contributed by atoms with Crippen LogP contribution in [0.2, 0.25) is 5.02 Å². The van der Waals surface area contributed by atoms with Crippen LogP contribution in [0.1, 0.15) is 18.9 Å². The lowest BCUT2D eigenvalue weighted by atomic mass is 10.1. The van der Waals surface area contributed by atoms with Gasteiger partial charge in [0.2, 0.25) is 0 Å². The van der Waals surface area contributed by atoms with Crippen LogP contribution in [0.3, 0.4) is 0 Å². The molecule has 2 aromatic carbocycles. The van der Waals surface area contributed by atoms with E-state index in [4.69, 9.17) is 21.1 Å².